The lowest BCUT2D eigenvalue weighted by Crippen LogP contribution is -2.14. The van der Waals surface area contributed by atoms with Gasteiger partial charge in [0.15, 0.2) is 0 Å². The zero-order valence-electron chi connectivity index (χ0n) is 13.1. The first-order chi connectivity index (χ1) is 9.96. The van der Waals surface area contributed by atoms with Gasteiger partial charge in [0.2, 0.25) is 5.88 Å². The van der Waals surface area contributed by atoms with Gasteiger partial charge in [-0.05, 0) is 48.1 Å². The third kappa shape index (κ3) is 3.85. The van der Waals surface area contributed by atoms with Gasteiger partial charge in [0.25, 0.3) is 0 Å². The minimum absolute atomic E-state index is 0.199. The molecule has 0 aliphatic heterocycles. The number of aromatic nitrogens is 1. The van der Waals surface area contributed by atoms with Crippen molar-refractivity contribution in [2.75, 3.05) is 0 Å². The summed E-state index contributed by atoms with van der Waals surface area (Å²) < 4.78 is 5.88. The van der Waals surface area contributed by atoms with Crippen LogP contribution in [0.4, 0.5) is 0 Å². The summed E-state index contributed by atoms with van der Waals surface area (Å²) in [6, 6.07) is 10.4. The lowest BCUT2D eigenvalue weighted by atomic mass is 9.82. The maximum atomic E-state index is 5.88. The van der Waals surface area contributed by atoms with E-state index in [9.17, 15) is 0 Å². The van der Waals surface area contributed by atoms with E-state index in [0.717, 1.165) is 28.6 Å². The summed E-state index contributed by atoms with van der Waals surface area (Å²) in [4.78, 5) is 4.38. The molecule has 1 aromatic heterocycles. The number of pyridine rings is 1. The van der Waals surface area contributed by atoms with Gasteiger partial charge in [0, 0.05) is 17.1 Å². The smallest absolute Gasteiger partial charge is 0.222 e. The maximum absolute atomic E-state index is 5.88. The Morgan fingerprint density at radius 2 is 1.86 bits per heavy atom. The summed E-state index contributed by atoms with van der Waals surface area (Å²) >= 11 is 3.44. The first-order valence-corrected chi connectivity index (χ1v) is 8.38. The van der Waals surface area contributed by atoms with Gasteiger partial charge in [-0.1, -0.05) is 48.8 Å². The van der Waals surface area contributed by atoms with Crippen molar-refractivity contribution in [2.24, 2.45) is 0 Å². The van der Waals surface area contributed by atoms with E-state index in [1.54, 1.807) is 0 Å². The van der Waals surface area contributed by atoms with Crippen LogP contribution in [-0.4, -0.2) is 4.98 Å². The van der Waals surface area contributed by atoms with Gasteiger partial charge in [0.05, 0.1) is 0 Å². The van der Waals surface area contributed by atoms with E-state index >= 15 is 0 Å². The normalized spacial score (nSPS) is 11.5. The van der Waals surface area contributed by atoms with E-state index in [0.29, 0.717) is 5.88 Å². The molecule has 21 heavy (non-hydrogen) atoms. The van der Waals surface area contributed by atoms with Crippen LogP contribution in [0.2, 0.25) is 0 Å². The van der Waals surface area contributed by atoms with E-state index in [1.165, 1.54) is 5.56 Å². The quantitative estimate of drug-likeness (QED) is 0.641. The molecule has 0 saturated carbocycles. The van der Waals surface area contributed by atoms with Gasteiger partial charge in [-0.3, -0.25) is 0 Å². The fraction of sp³-hybridized carbons (Fsp3) is 0.389. The van der Waals surface area contributed by atoms with E-state index in [4.69, 9.17) is 4.74 Å². The number of hydrogen-bond acceptors (Lipinski definition) is 2. The molecule has 0 atom stereocenters. The predicted octanol–water partition coefficient (Wildman–Crippen LogP) is 5.76. The average molecular weight is 348 g/mol. The number of nitrogens with zero attached hydrogens (tertiary/aromatic N) is 1. The van der Waals surface area contributed by atoms with Crippen LogP contribution in [-0.2, 0) is 10.7 Å². The zero-order chi connectivity index (χ0) is 15.5. The molecule has 0 aliphatic carbocycles. The first kappa shape index (κ1) is 16.0. The summed E-state index contributed by atoms with van der Waals surface area (Å²) in [5.74, 6) is 1.50. The van der Waals surface area contributed by atoms with Crippen molar-refractivity contribution in [2.45, 2.75) is 44.9 Å². The molecule has 0 bridgehead atoms. The molecule has 0 fully saturated rings. The predicted molar refractivity (Wildman–Crippen MR) is 91.4 cm³/mol. The van der Waals surface area contributed by atoms with Crippen molar-refractivity contribution < 1.29 is 4.74 Å². The number of rotatable bonds is 5. The number of hydrogen-bond donors (Lipinski definition) is 0. The lowest BCUT2D eigenvalue weighted by molar-refractivity contribution is 0.456. The molecule has 1 heterocycles. The molecule has 0 N–H and O–H groups in total. The highest BCUT2D eigenvalue weighted by molar-refractivity contribution is 9.08. The van der Waals surface area contributed by atoms with Gasteiger partial charge in [-0.2, -0.15) is 0 Å². The molecule has 0 spiro atoms. The molecule has 2 rings (SSSR count). The summed E-state index contributed by atoms with van der Waals surface area (Å²) in [6.45, 7) is 8.74. The summed E-state index contributed by atoms with van der Waals surface area (Å²) in [5.41, 5.74) is 3.73. The summed E-state index contributed by atoms with van der Waals surface area (Å²) in [6.07, 6.45) is 2.95. The second-order valence-electron chi connectivity index (χ2n) is 5.96. The van der Waals surface area contributed by atoms with E-state index in [-0.39, 0.29) is 5.41 Å². The molecule has 2 aromatic rings. The molecule has 1 aromatic carbocycles. The van der Waals surface area contributed by atoms with Crippen LogP contribution in [0, 0.1) is 6.92 Å². The Kier molecular flexibility index (Phi) is 5.04. The van der Waals surface area contributed by atoms with Crippen molar-refractivity contribution in [1.82, 2.24) is 4.98 Å². The van der Waals surface area contributed by atoms with Crippen LogP contribution in [0.25, 0.3) is 0 Å². The lowest BCUT2D eigenvalue weighted by Gasteiger charge is -2.23. The SMILES string of the molecule is CCC(C)(C)c1ccc(Oc2ncc(CBr)cc2C)cc1. The average Bonchev–Trinajstić information content (AvgIpc) is 2.50. The van der Waals surface area contributed by atoms with Crippen molar-refractivity contribution >= 4 is 15.9 Å². The summed E-state index contributed by atoms with van der Waals surface area (Å²) in [7, 11) is 0. The number of alkyl halides is 1. The molecule has 0 amide bonds. The van der Waals surface area contributed by atoms with Crippen LogP contribution < -0.4 is 4.74 Å². The van der Waals surface area contributed by atoms with Crippen LogP contribution >= 0.6 is 15.9 Å². The van der Waals surface area contributed by atoms with Crippen LogP contribution in [0.15, 0.2) is 36.5 Å². The van der Waals surface area contributed by atoms with Crippen molar-refractivity contribution in [1.29, 1.82) is 0 Å². The Morgan fingerprint density at radius 1 is 1.19 bits per heavy atom. The van der Waals surface area contributed by atoms with Crippen LogP contribution in [0.1, 0.15) is 43.9 Å². The molecule has 0 unspecified atom stereocenters. The van der Waals surface area contributed by atoms with Crippen LogP contribution in [0.5, 0.6) is 11.6 Å². The Bertz CT molecular complexity index is 605. The third-order valence-corrected chi connectivity index (χ3v) is 4.62. The highest BCUT2D eigenvalue weighted by atomic mass is 79.9. The minimum atomic E-state index is 0.199. The molecular weight excluding hydrogens is 326 g/mol. The van der Waals surface area contributed by atoms with Crippen molar-refractivity contribution in [3.63, 3.8) is 0 Å². The molecular formula is C18H22BrNO. The number of benzene rings is 1. The molecule has 2 nitrogen and oxygen atoms in total. The number of halogens is 1. The van der Waals surface area contributed by atoms with Crippen molar-refractivity contribution in [3.05, 3.63) is 53.2 Å². The zero-order valence-corrected chi connectivity index (χ0v) is 14.7. The van der Waals surface area contributed by atoms with E-state index in [1.807, 2.05) is 25.3 Å². The van der Waals surface area contributed by atoms with Gasteiger partial charge < -0.3 is 4.74 Å². The molecule has 0 radical (unpaired) electrons. The van der Waals surface area contributed by atoms with Gasteiger partial charge in [0.1, 0.15) is 5.75 Å². The molecule has 3 heteroatoms. The van der Waals surface area contributed by atoms with E-state index in [2.05, 4.69) is 59.9 Å². The van der Waals surface area contributed by atoms with Crippen LogP contribution in [0.3, 0.4) is 0 Å². The van der Waals surface area contributed by atoms with Crippen molar-refractivity contribution in [3.8, 4) is 11.6 Å². The van der Waals surface area contributed by atoms with E-state index < -0.39 is 0 Å². The Labute approximate surface area is 135 Å². The van der Waals surface area contributed by atoms with Gasteiger partial charge in [-0.15, -0.1) is 0 Å². The third-order valence-electron chi connectivity index (χ3n) is 3.98. The highest BCUT2D eigenvalue weighted by Crippen LogP contribution is 2.30. The molecule has 0 saturated heterocycles. The minimum Gasteiger partial charge on any atom is -0.439 e. The number of ether oxygens (including phenoxy) is 1. The standard InChI is InChI=1S/C18H22BrNO/c1-5-18(3,4)15-6-8-16(9-7-15)21-17-13(2)10-14(11-19)12-20-17/h6-10,12H,5,11H2,1-4H3. The Balaban J connectivity index is 2.17. The second-order valence-corrected chi connectivity index (χ2v) is 6.52. The largest absolute Gasteiger partial charge is 0.439 e. The second kappa shape index (κ2) is 6.61. The van der Waals surface area contributed by atoms with Gasteiger partial charge in [-0.25, -0.2) is 4.98 Å². The van der Waals surface area contributed by atoms with Gasteiger partial charge >= 0.3 is 0 Å². The highest BCUT2D eigenvalue weighted by Gasteiger charge is 2.17. The molecule has 112 valence electrons. The Morgan fingerprint density at radius 3 is 2.38 bits per heavy atom. The Hall–Kier alpha value is -1.35. The fourth-order valence-electron chi connectivity index (χ4n) is 2.09. The monoisotopic (exact) mass is 347 g/mol. The number of aryl methyl sites for hydroxylation is 1. The molecule has 0 aliphatic rings. The summed E-state index contributed by atoms with van der Waals surface area (Å²) in [5, 5.41) is 0.807. The maximum Gasteiger partial charge on any atom is 0.222 e. The first-order valence-electron chi connectivity index (χ1n) is 7.26. The topological polar surface area (TPSA) is 22.1 Å². The fourth-order valence-corrected chi connectivity index (χ4v) is 2.40.